The summed E-state index contributed by atoms with van der Waals surface area (Å²) in [4.78, 5) is 5.06. The number of imidazole rings is 1. The molecule has 6 heteroatoms. The molecule has 32 heavy (non-hydrogen) atoms. The second-order valence-electron chi connectivity index (χ2n) is 7.87. The van der Waals surface area contributed by atoms with Crippen molar-refractivity contribution in [1.82, 2.24) is 9.38 Å². The van der Waals surface area contributed by atoms with Gasteiger partial charge in [-0.1, -0.05) is 6.07 Å². The maximum absolute atomic E-state index is 5.56. The number of rotatable bonds is 6. The Morgan fingerprint density at radius 3 is 2.25 bits per heavy atom. The minimum absolute atomic E-state index is 0.683. The van der Waals surface area contributed by atoms with Crippen LogP contribution in [0.1, 0.15) is 28.1 Å². The van der Waals surface area contributed by atoms with Crippen LogP contribution < -0.4 is 14.2 Å². The van der Waals surface area contributed by atoms with Crippen LogP contribution >= 0.6 is 15.9 Å². The molecule has 5 nitrogen and oxygen atoms in total. The van der Waals surface area contributed by atoms with Crippen LogP contribution in [-0.4, -0.2) is 30.7 Å². The first kappa shape index (κ1) is 22.2. The van der Waals surface area contributed by atoms with Gasteiger partial charge >= 0.3 is 0 Å². The molecule has 0 radical (unpaired) electrons. The number of fused-ring (bicyclic) bond motifs is 1. The van der Waals surface area contributed by atoms with Gasteiger partial charge in [-0.05, 0) is 89.8 Å². The van der Waals surface area contributed by atoms with E-state index in [0.717, 1.165) is 50.5 Å². The van der Waals surface area contributed by atoms with E-state index < -0.39 is 0 Å². The van der Waals surface area contributed by atoms with E-state index in [1.165, 1.54) is 11.1 Å². The van der Waals surface area contributed by atoms with E-state index in [4.69, 9.17) is 19.2 Å². The van der Waals surface area contributed by atoms with Gasteiger partial charge in [-0.3, -0.25) is 4.40 Å². The fraction of sp³-hybridized carbons (Fsp3) is 0.269. The lowest BCUT2D eigenvalue weighted by molar-refractivity contribution is 0.355. The number of ether oxygens (including phenoxy) is 3. The molecule has 0 unspecified atom stereocenters. The van der Waals surface area contributed by atoms with Gasteiger partial charge in [0, 0.05) is 22.2 Å². The smallest absolute Gasteiger partial charge is 0.161 e. The van der Waals surface area contributed by atoms with Gasteiger partial charge in [-0.2, -0.15) is 0 Å². The van der Waals surface area contributed by atoms with Gasteiger partial charge in [0.15, 0.2) is 11.5 Å². The lowest BCUT2D eigenvalue weighted by Gasteiger charge is -2.14. The number of halogens is 1. The Labute approximate surface area is 197 Å². The number of hydrogen-bond acceptors (Lipinski definition) is 4. The van der Waals surface area contributed by atoms with E-state index >= 15 is 0 Å². The van der Waals surface area contributed by atoms with Gasteiger partial charge in [0.1, 0.15) is 11.4 Å². The number of methoxy groups -OCH3 is 3. The molecule has 0 fully saturated rings. The van der Waals surface area contributed by atoms with Gasteiger partial charge < -0.3 is 14.2 Å². The van der Waals surface area contributed by atoms with Crippen LogP contribution in [0.3, 0.4) is 0 Å². The van der Waals surface area contributed by atoms with Crippen LogP contribution in [-0.2, 0) is 6.42 Å². The van der Waals surface area contributed by atoms with Crippen LogP contribution in [0, 0.1) is 20.8 Å². The second kappa shape index (κ2) is 8.87. The molecule has 2 aromatic carbocycles. The van der Waals surface area contributed by atoms with Crippen molar-refractivity contribution in [2.45, 2.75) is 27.2 Å². The van der Waals surface area contributed by atoms with Gasteiger partial charge in [0.05, 0.1) is 32.7 Å². The van der Waals surface area contributed by atoms with Crippen molar-refractivity contribution in [3.63, 3.8) is 0 Å². The van der Waals surface area contributed by atoms with Crippen molar-refractivity contribution >= 4 is 21.6 Å². The predicted molar refractivity (Wildman–Crippen MR) is 131 cm³/mol. The minimum Gasteiger partial charge on any atom is -0.497 e. The van der Waals surface area contributed by atoms with E-state index in [2.05, 4.69) is 59.3 Å². The first-order valence-electron chi connectivity index (χ1n) is 10.4. The number of pyridine rings is 1. The maximum Gasteiger partial charge on any atom is 0.161 e. The van der Waals surface area contributed by atoms with Crippen molar-refractivity contribution in [1.29, 1.82) is 0 Å². The van der Waals surface area contributed by atoms with Crippen molar-refractivity contribution in [3.05, 3.63) is 75.0 Å². The quantitative estimate of drug-likeness (QED) is 0.315. The normalized spacial score (nSPS) is 11.1. The summed E-state index contributed by atoms with van der Waals surface area (Å²) >= 11 is 3.76. The zero-order valence-corrected chi connectivity index (χ0v) is 20.8. The van der Waals surface area contributed by atoms with E-state index in [0.29, 0.717) is 11.5 Å². The first-order valence-corrected chi connectivity index (χ1v) is 11.2. The van der Waals surface area contributed by atoms with E-state index in [1.54, 1.807) is 21.3 Å². The fourth-order valence-electron chi connectivity index (χ4n) is 4.14. The highest BCUT2D eigenvalue weighted by Gasteiger charge is 2.20. The molecular weight excluding hydrogens is 468 g/mol. The van der Waals surface area contributed by atoms with Crippen LogP contribution in [0.15, 0.2) is 46.9 Å². The van der Waals surface area contributed by atoms with E-state index in [1.807, 2.05) is 24.3 Å². The molecule has 0 atom stereocenters. The van der Waals surface area contributed by atoms with Gasteiger partial charge in [0.25, 0.3) is 0 Å². The van der Waals surface area contributed by atoms with Crippen molar-refractivity contribution < 1.29 is 14.2 Å². The monoisotopic (exact) mass is 494 g/mol. The molecule has 0 bridgehead atoms. The highest BCUT2D eigenvalue weighted by molar-refractivity contribution is 9.10. The summed E-state index contributed by atoms with van der Waals surface area (Å²) < 4.78 is 19.7. The largest absolute Gasteiger partial charge is 0.497 e. The summed E-state index contributed by atoms with van der Waals surface area (Å²) in [5, 5.41) is 0. The zero-order valence-electron chi connectivity index (χ0n) is 19.2. The molecule has 0 aliphatic rings. The molecule has 0 aliphatic heterocycles. The summed E-state index contributed by atoms with van der Waals surface area (Å²) in [7, 11) is 4.98. The molecule has 0 spiro atoms. The summed E-state index contributed by atoms with van der Waals surface area (Å²) in [6, 6.07) is 14.3. The number of benzene rings is 2. The third-order valence-electron chi connectivity index (χ3n) is 5.91. The summed E-state index contributed by atoms with van der Waals surface area (Å²) in [5.41, 5.74) is 8.66. The van der Waals surface area contributed by atoms with Crippen LogP contribution in [0.2, 0.25) is 0 Å². The Morgan fingerprint density at radius 2 is 1.59 bits per heavy atom. The van der Waals surface area contributed by atoms with Crippen LogP contribution in [0.25, 0.3) is 16.9 Å². The first-order chi connectivity index (χ1) is 15.4. The molecule has 4 aromatic rings. The second-order valence-corrected chi connectivity index (χ2v) is 8.66. The average Bonchev–Trinajstić information content (AvgIpc) is 3.16. The van der Waals surface area contributed by atoms with Crippen molar-refractivity contribution in [2.24, 2.45) is 0 Å². The molecule has 0 saturated heterocycles. The molecule has 0 aliphatic carbocycles. The number of aromatic nitrogens is 2. The number of aryl methyl sites for hydroxylation is 3. The number of nitrogens with zero attached hydrogens (tertiary/aromatic N) is 2. The molecule has 2 heterocycles. The Bertz CT molecular complexity index is 1310. The van der Waals surface area contributed by atoms with Crippen LogP contribution in [0.5, 0.6) is 17.2 Å². The Kier molecular flexibility index (Phi) is 6.15. The molecule has 0 saturated carbocycles. The molecule has 4 rings (SSSR count). The van der Waals surface area contributed by atoms with Gasteiger partial charge in [-0.15, -0.1) is 0 Å². The highest BCUT2D eigenvalue weighted by atomic mass is 79.9. The van der Waals surface area contributed by atoms with E-state index in [9.17, 15) is 0 Å². The Morgan fingerprint density at radius 1 is 0.844 bits per heavy atom. The topological polar surface area (TPSA) is 45.0 Å². The molecule has 2 aromatic heterocycles. The SMILES string of the molecule is COc1ccc(Cc2c(-c3ccc(OC)c(OC)c3)nc3cc(C)c(Br)c(C)n23)c(C)c1. The standard InChI is InChI=1S/C26H27BrN2O3/c1-15-11-20(30-4)9-7-18(15)13-21-26(19-8-10-22(31-5)23(14-19)32-6)28-24-12-16(2)25(27)17(3)29(21)24/h7-12,14H,13H2,1-6H3. The third kappa shape index (κ3) is 3.84. The Hall–Kier alpha value is -2.99. The lowest BCUT2D eigenvalue weighted by atomic mass is 10.00. The maximum atomic E-state index is 5.56. The lowest BCUT2D eigenvalue weighted by Crippen LogP contribution is -2.03. The Balaban J connectivity index is 1.96. The van der Waals surface area contributed by atoms with Crippen molar-refractivity contribution in [2.75, 3.05) is 21.3 Å². The van der Waals surface area contributed by atoms with Gasteiger partial charge in [0.2, 0.25) is 0 Å². The van der Waals surface area contributed by atoms with Crippen LogP contribution in [0.4, 0.5) is 0 Å². The number of hydrogen-bond donors (Lipinski definition) is 0. The average molecular weight is 495 g/mol. The van der Waals surface area contributed by atoms with Crippen molar-refractivity contribution in [3.8, 4) is 28.5 Å². The summed E-state index contributed by atoms with van der Waals surface area (Å²) in [5.74, 6) is 2.24. The highest BCUT2D eigenvalue weighted by Crippen LogP contribution is 2.36. The van der Waals surface area contributed by atoms with Gasteiger partial charge in [-0.25, -0.2) is 4.98 Å². The predicted octanol–water partition coefficient (Wildman–Crippen LogP) is 6.31. The summed E-state index contributed by atoms with van der Waals surface area (Å²) in [6.45, 7) is 6.33. The summed E-state index contributed by atoms with van der Waals surface area (Å²) in [6.07, 6.45) is 0.733. The molecular formula is C26H27BrN2O3. The molecule has 0 N–H and O–H groups in total. The molecule has 0 amide bonds. The third-order valence-corrected chi connectivity index (χ3v) is 7.11. The minimum atomic E-state index is 0.683. The zero-order chi connectivity index (χ0) is 23.0. The van der Waals surface area contributed by atoms with E-state index in [-0.39, 0.29) is 0 Å². The molecule has 166 valence electrons. The fourth-order valence-corrected chi connectivity index (χ4v) is 4.43.